The summed E-state index contributed by atoms with van der Waals surface area (Å²) < 4.78 is 0. The molecule has 0 unspecified atom stereocenters. The lowest BCUT2D eigenvalue weighted by atomic mass is 10.0. The Balaban J connectivity index is 1.38. The fraction of sp³-hybridized carbons (Fsp3) is 0.395. The maximum absolute atomic E-state index is 14.4. The number of primary amides is 1. The van der Waals surface area contributed by atoms with Gasteiger partial charge in [0.2, 0.25) is 41.4 Å². The number of para-hydroxylation sites is 1. The number of aliphatic hydroxyl groups is 1. The Labute approximate surface area is 376 Å². The van der Waals surface area contributed by atoms with Gasteiger partial charge < -0.3 is 68.2 Å². The van der Waals surface area contributed by atoms with Crippen LogP contribution in [0, 0.1) is 0 Å². The number of carboxylic acids is 2. The molecule has 7 amide bonds. The second kappa shape index (κ2) is 23.3. The highest BCUT2D eigenvalue weighted by Crippen LogP contribution is 2.23. The van der Waals surface area contributed by atoms with E-state index in [1.165, 1.54) is 12.5 Å². The van der Waals surface area contributed by atoms with E-state index in [0.29, 0.717) is 28.6 Å². The first-order valence-electron chi connectivity index (χ1n) is 21.0. The van der Waals surface area contributed by atoms with Crippen LogP contribution in [0.15, 0.2) is 73.3 Å². The number of rotatable bonds is 24. The van der Waals surface area contributed by atoms with E-state index in [4.69, 9.17) is 11.5 Å². The van der Waals surface area contributed by atoms with Crippen LogP contribution in [0.3, 0.4) is 0 Å². The van der Waals surface area contributed by atoms with Crippen molar-refractivity contribution in [2.45, 2.75) is 93.7 Å². The molecule has 1 aliphatic heterocycles. The third kappa shape index (κ3) is 13.7. The highest BCUT2D eigenvalue weighted by molar-refractivity contribution is 5.99. The summed E-state index contributed by atoms with van der Waals surface area (Å²) >= 11 is 0. The third-order valence-electron chi connectivity index (χ3n) is 10.9. The molecule has 0 aliphatic carbocycles. The minimum atomic E-state index is -1.80. The number of carbonyl (C=O) groups excluding carboxylic acids is 7. The predicted octanol–water partition coefficient (Wildman–Crippen LogP) is -2.52. The average molecular weight is 916 g/mol. The highest BCUT2D eigenvalue weighted by atomic mass is 16.4. The van der Waals surface area contributed by atoms with Crippen molar-refractivity contribution in [1.82, 2.24) is 46.4 Å². The summed E-state index contributed by atoms with van der Waals surface area (Å²) in [4.78, 5) is 130. The molecule has 23 nitrogen and oxygen atoms in total. The zero-order chi connectivity index (χ0) is 47.9. The number of nitrogens with zero attached hydrogens (tertiary/aromatic N) is 2. The molecule has 352 valence electrons. The monoisotopic (exact) mass is 915 g/mol. The summed E-state index contributed by atoms with van der Waals surface area (Å²) in [6.45, 7) is -0.887. The maximum Gasteiger partial charge on any atom is 0.328 e. The molecule has 1 fully saturated rings. The van der Waals surface area contributed by atoms with Crippen LogP contribution in [0.5, 0.6) is 0 Å². The fourth-order valence-electron chi connectivity index (χ4n) is 7.51. The minimum absolute atomic E-state index is 0.0290. The van der Waals surface area contributed by atoms with Crippen LogP contribution >= 0.6 is 0 Å². The molecule has 0 spiro atoms. The number of aliphatic hydroxyl groups excluding tert-OH is 1. The van der Waals surface area contributed by atoms with Crippen molar-refractivity contribution in [2.24, 2.45) is 11.5 Å². The number of carboxylic acid groups (broad SMARTS) is 2. The number of nitrogens with two attached hydrogens (primary N) is 2. The van der Waals surface area contributed by atoms with Gasteiger partial charge in [-0.1, -0.05) is 48.5 Å². The summed E-state index contributed by atoms with van der Waals surface area (Å²) in [5, 5.41) is 41.3. The van der Waals surface area contributed by atoms with Gasteiger partial charge in [-0.25, -0.2) is 9.78 Å². The molecular weight excluding hydrogens is 863 g/mol. The van der Waals surface area contributed by atoms with Crippen molar-refractivity contribution in [2.75, 3.05) is 13.2 Å². The SMILES string of the molecule is NC(=O)C[C@H](NC(=O)[C@H](CCC(=O)O)NC(=O)[C@H](Cc1cnc[nH]1)NC(=O)[C@@H](N)Cc1ccccc1)C(=O)N[C@@H](Cc1c[nH]c2ccccc12)C(=O)N1CCC[C@H]1C(=O)N[C@@H](CO)C(=O)O. The van der Waals surface area contributed by atoms with E-state index >= 15 is 0 Å². The topological polar surface area (TPSA) is 374 Å². The number of hydrogen-bond acceptors (Lipinski definition) is 12. The number of H-pyrrole nitrogens is 2. The minimum Gasteiger partial charge on any atom is -0.481 e. The molecule has 0 radical (unpaired) electrons. The van der Waals surface area contributed by atoms with E-state index in [2.05, 4.69) is 41.5 Å². The molecule has 1 aliphatic rings. The van der Waals surface area contributed by atoms with Gasteiger partial charge in [0.15, 0.2) is 0 Å². The number of aliphatic carboxylic acids is 2. The van der Waals surface area contributed by atoms with Crippen molar-refractivity contribution < 1.29 is 58.5 Å². The van der Waals surface area contributed by atoms with Gasteiger partial charge in [-0.3, -0.25) is 38.4 Å². The number of imidazole rings is 1. The number of carbonyl (C=O) groups is 9. The molecule has 0 bridgehead atoms. The Morgan fingerprint density at radius 1 is 0.758 bits per heavy atom. The Hall–Kier alpha value is -7.66. The molecule has 2 aromatic carbocycles. The van der Waals surface area contributed by atoms with Gasteiger partial charge in [0.1, 0.15) is 36.3 Å². The quantitative estimate of drug-likeness (QED) is 0.0345. The summed E-state index contributed by atoms with van der Waals surface area (Å²) in [7, 11) is 0. The Morgan fingerprint density at radius 3 is 2.08 bits per heavy atom. The molecule has 0 saturated carbocycles. The first kappa shape index (κ1) is 49.4. The normalized spacial score (nSPS) is 16.2. The Kier molecular flexibility index (Phi) is 17.4. The van der Waals surface area contributed by atoms with E-state index in [-0.39, 0.29) is 32.2 Å². The number of benzene rings is 2. The number of aromatic amines is 2. The third-order valence-corrected chi connectivity index (χ3v) is 10.9. The van der Waals surface area contributed by atoms with Gasteiger partial charge in [-0.15, -0.1) is 0 Å². The van der Waals surface area contributed by atoms with Crippen LogP contribution in [0.2, 0.25) is 0 Å². The lowest BCUT2D eigenvalue weighted by Crippen LogP contribution is -2.60. The van der Waals surface area contributed by atoms with Crippen LogP contribution in [0.25, 0.3) is 10.9 Å². The number of nitrogens with one attached hydrogen (secondary N) is 7. The summed E-state index contributed by atoms with van der Waals surface area (Å²) in [5.74, 6) is -9.39. The first-order chi connectivity index (χ1) is 31.5. The zero-order valence-corrected chi connectivity index (χ0v) is 35.6. The molecule has 5 rings (SSSR count). The number of fused-ring (bicyclic) bond motifs is 1. The van der Waals surface area contributed by atoms with Crippen molar-refractivity contribution in [3.05, 3.63) is 90.1 Å². The van der Waals surface area contributed by atoms with Crippen LogP contribution < -0.4 is 38.1 Å². The van der Waals surface area contributed by atoms with Crippen LogP contribution in [-0.4, -0.2) is 144 Å². The van der Waals surface area contributed by atoms with Gasteiger partial charge in [-0.05, 0) is 42.9 Å². The zero-order valence-electron chi connectivity index (χ0n) is 35.6. The molecule has 2 aromatic heterocycles. The number of amides is 7. The van der Waals surface area contributed by atoms with Crippen LogP contribution in [0.1, 0.15) is 48.9 Å². The summed E-state index contributed by atoms with van der Waals surface area (Å²) in [5.41, 5.74) is 14.1. The Bertz CT molecular complexity index is 2370. The van der Waals surface area contributed by atoms with E-state index in [9.17, 15) is 58.5 Å². The average Bonchev–Trinajstić information content (AvgIpc) is 4.08. The predicted molar refractivity (Wildman–Crippen MR) is 232 cm³/mol. The second-order valence-electron chi connectivity index (χ2n) is 15.8. The summed E-state index contributed by atoms with van der Waals surface area (Å²) in [6, 6.07) is 5.70. The van der Waals surface area contributed by atoms with E-state index in [1.807, 2.05) is 0 Å². The lowest BCUT2D eigenvalue weighted by Gasteiger charge is -2.30. The molecule has 3 heterocycles. The standard InChI is InChI=1S/C43H53N11O12/c44-27(15-23-7-2-1-3-8-23)37(59)50-30(17-25-20-46-22-48-25)39(61)49-29(12-13-36(57)58)38(60)51-31(18-35(45)56)40(62)52-32(16-24-19-47-28-10-5-4-9-26(24)28)42(64)54-14-6-11-34(54)41(63)53-33(21-55)43(65)66/h1-5,7-10,19-20,22,27,29-34,47,55H,6,11-18,21,44H2,(H2,45,56)(H,46,48)(H,49,61)(H,50,59)(H,51,60)(H,52,62)(H,53,63)(H,57,58)(H,65,66)/t27-,29-,30-,31-,32-,33-,34-/m0/s1. The Morgan fingerprint density at radius 2 is 1.41 bits per heavy atom. The van der Waals surface area contributed by atoms with Gasteiger partial charge in [0.05, 0.1) is 25.4 Å². The van der Waals surface area contributed by atoms with Gasteiger partial charge in [-0.2, -0.15) is 0 Å². The maximum atomic E-state index is 14.4. The molecule has 7 atom stereocenters. The van der Waals surface area contributed by atoms with Crippen molar-refractivity contribution in [3.63, 3.8) is 0 Å². The molecule has 23 heteroatoms. The number of aromatic nitrogens is 3. The molecule has 14 N–H and O–H groups in total. The summed E-state index contributed by atoms with van der Waals surface area (Å²) in [6.07, 6.45) is 2.59. The highest BCUT2D eigenvalue weighted by Gasteiger charge is 2.40. The van der Waals surface area contributed by atoms with Crippen molar-refractivity contribution in [3.8, 4) is 0 Å². The molecule has 1 saturated heterocycles. The lowest BCUT2D eigenvalue weighted by molar-refractivity contribution is -0.145. The molecule has 66 heavy (non-hydrogen) atoms. The molecule has 4 aromatic rings. The van der Waals surface area contributed by atoms with E-state index < -0.39 is 121 Å². The fourth-order valence-corrected chi connectivity index (χ4v) is 7.51. The van der Waals surface area contributed by atoms with Crippen LogP contribution in [-0.2, 0) is 62.4 Å². The van der Waals surface area contributed by atoms with Crippen molar-refractivity contribution in [1.29, 1.82) is 0 Å². The number of likely N-dealkylation sites (tertiary alicyclic amines) is 1. The smallest absolute Gasteiger partial charge is 0.328 e. The second-order valence-corrected chi connectivity index (χ2v) is 15.8. The largest absolute Gasteiger partial charge is 0.481 e. The van der Waals surface area contributed by atoms with E-state index in [1.54, 1.807) is 60.8 Å². The van der Waals surface area contributed by atoms with Gasteiger partial charge >= 0.3 is 11.9 Å². The van der Waals surface area contributed by atoms with Gasteiger partial charge in [0, 0.05) is 54.8 Å². The molecular formula is C43H53N11O12. The van der Waals surface area contributed by atoms with Crippen LogP contribution in [0.4, 0.5) is 0 Å². The first-order valence-corrected chi connectivity index (χ1v) is 21.0. The van der Waals surface area contributed by atoms with E-state index in [0.717, 1.165) is 10.5 Å². The van der Waals surface area contributed by atoms with Gasteiger partial charge in [0.25, 0.3) is 0 Å². The number of hydrogen-bond donors (Lipinski definition) is 12. The van der Waals surface area contributed by atoms with Crippen molar-refractivity contribution >= 4 is 64.2 Å².